The van der Waals surface area contributed by atoms with Gasteiger partial charge in [-0.1, -0.05) is 62.5 Å². The molecular formula is C14H21NSi. The largest absolute Gasteiger partial charge is 0.198 e. The summed E-state index contributed by atoms with van der Waals surface area (Å²) in [6.45, 7) is 9.42. The Hall–Kier alpha value is -1.07. The van der Waals surface area contributed by atoms with Crippen molar-refractivity contribution in [1.82, 2.24) is 0 Å². The number of nitrogens with zero attached hydrogens (tertiary/aromatic N) is 1. The van der Waals surface area contributed by atoms with Crippen molar-refractivity contribution in [2.75, 3.05) is 0 Å². The molecule has 0 fully saturated rings. The Morgan fingerprint density at radius 3 is 2.25 bits per heavy atom. The van der Waals surface area contributed by atoms with Crippen molar-refractivity contribution in [2.24, 2.45) is 0 Å². The van der Waals surface area contributed by atoms with Crippen LogP contribution < -0.4 is 5.19 Å². The van der Waals surface area contributed by atoms with Gasteiger partial charge in [0.15, 0.2) is 0 Å². The van der Waals surface area contributed by atoms with Crippen LogP contribution in [-0.2, 0) is 0 Å². The van der Waals surface area contributed by atoms with E-state index in [0.29, 0.717) is 6.42 Å². The van der Waals surface area contributed by atoms with Crippen molar-refractivity contribution in [3.8, 4) is 6.07 Å². The molecule has 1 aromatic carbocycles. The van der Waals surface area contributed by atoms with E-state index in [9.17, 15) is 0 Å². The molecule has 16 heavy (non-hydrogen) atoms. The third-order valence-electron chi connectivity index (χ3n) is 4.05. The van der Waals surface area contributed by atoms with Crippen LogP contribution in [0.5, 0.6) is 0 Å². The van der Waals surface area contributed by atoms with Crippen molar-refractivity contribution in [3.63, 3.8) is 0 Å². The average molecular weight is 231 g/mol. The fourth-order valence-corrected chi connectivity index (χ4v) is 4.48. The fraction of sp³-hybridized carbons (Fsp3) is 0.500. The molecule has 0 N–H and O–H groups in total. The number of hydrogen-bond acceptors (Lipinski definition) is 1. The van der Waals surface area contributed by atoms with Gasteiger partial charge in [-0.15, -0.1) is 0 Å². The highest BCUT2D eigenvalue weighted by atomic mass is 28.3. The van der Waals surface area contributed by atoms with E-state index >= 15 is 0 Å². The van der Waals surface area contributed by atoms with E-state index in [-0.39, 0.29) is 5.04 Å². The molecule has 2 heteroatoms. The lowest BCUT2D eigenvalue weighted by Crippen LogP contribution is -2.50. The number of rotatable bonds is 4. The summed E-state index contributed by atoms with van der Waals surface area (Å²) in [5.74, 6) is 0. The summed E-state index contributed by atoms with van der Waals surface area (Å²) in [7, 11) is -1.50. The van der Waals surface area contributed by atoms with E-state index in [0.717, 1.165) is 6.42 Å². The number of hydrogen-bond donors (Lipinski definition) is 0. The quantitative estimate of drug-likeness (QED) is 0.725. The molecule has 0 aliphatic heterocycles. The topological polar surface area (TPSA) is 23.8 Å². The Labute approximate surface area is 100 Å². The van der Waals surface area contributed by atoms with Crippen LogP contribution in [-0.4, -0.2) is 8.07 Å². The second kappa shape index (κ2) is 4.84. The molecule has 0 spiro atoms. The maximum absolute atomic E-state index is 8.73. The molecule has 0 bridgehead atoms. The van der Waals surface area contributed by atoms with Crippen LogP contribution in [0, 0.1) is 11.3 Å². The molecule has 0 aliphatic rings. The molecular weight excluding hydrogens is 210 g/mol. The maximum Gasteiger partial charge on any atom is 0.0862 e. The first-order valence-corrected chi connectivity index (χ1v) is 8.84. The van der Waals surface area contributed by atoms with Crippen LogP contribution in [0.15, 0.2) is 30.3 Å². The second-order valence-corrected chi connectivity index (χ2v) is 10.7. The lowest BCUT2D eigenvalue weighted by Gasteiger charge is -2.40. The van der Waals surface area contributed by atoms with Crippen molar-refractivity contribution >= 4 is 13.3 Å². The molecule has 0 aromatic heterocycles. The first-order chi connectivity index (χ1) is 7.42. The van der Waals surface area contributed by atoms with E-state index in [2.05, 4.69) is 63.3 Å². The minimum Gasteiger partial charge on any atom is -0.198 e. The van der Waals surface area contributed by atoms with Gasteiger partial charge in [0.05, 0.1) is 14.1 Å². The molecule has 0 unspecified atom stereocenters. The normalized spacial score (nSPS) is 12.2. The molecule has 1 rings (SSSR count). The van der Waals surface area contributed by atoms with E-state index in [1.165, 1.54) is 5.19 Å². The summed E-state index contributed by atoms with van der Waals surface area (Å²) in [6.07, 6.45) is 1.66. The van der Waals surface area contributed by atoms with Gasteiger partial charge >= 0.3 is 0 Å². The molecule has 0 amide bonds. The summed E-state index contributed by atoms with van der Waals surface area (Å²) >= 11 is 0. The standard InChI is InChI=1S/C14H21NSi/c1-14(2,11-8-12-15)16(3,4)13-9-6-5-7-10-13/h5-7,9-10H,8,11H2,1-4H3. The molecule has 0 saturated carbocycles. The molecule has 1 nitrogen and oxygen atoms in total. The Morgan fingerprint density at radius 2 is 1.75 bits per heavy atom. The summed E-state index contributed by atoms with van der Waals surface area (Å²) in [4.78, 5) is 0. The second-order valence-electron chi connectivity index (χ2n) is 5.53. The highest BCUT2D eigenvalue weighted by molar-refractivity contribution is 6.92. The Balaban J connectivity index is 2.97. The van der Waals surface area contributed by atoms with Crippen molar-refractivity contribution in [2.45, 2.75) is 44.8 Å². The zero-order chi connectivity index (χ0) is 12.2. The number of benzene rings is 1. The average Bonchev–Trinajstić information content (AvgIpc) is 2.27. The predicted molar refractivity (Wildman–Crippen MR) is 72.4 cm³/mol. The minimum absolute atomic E-state index is 0.268. The zero-order valence-electron chi connectivity index (χ0n) is 10.7. The summed E-state index contributed by atoms with van der Waals surface area (Å²) < 4.78 is 0. The van der Waals surface area contributed by atoms with Crippen LogP contribution in [0.25, 0.3) is 0 Å². The smallest absolute Gasteiger partial charge is 0.0862 e. The lowest BCUT2D eigenvalue weighted by molar-refractivity contribution is 0.598. The third-order valence-corrected chi connectivity index (χ3v) is 9.46. The minimum atomic E-state index is -1.50. The van der Waals surface area contributed by atoms with E-state index in [1.54, 1.807) is 0 Å². The van der Waals surface area contributed by atoms with Gasteiger partial charge < -0.3 is 0 Å². The zero-order valence-corrected chi connectivity index (χ0v) is 11.7. The first kappa shape index (κ1) is 13.0. The third kappa shape index (κ3) is 2.54. The van der Waals surface area contributed by atoms with Crippen molar-refractivity contribution in [1.29, 1.82) is 5.26 Å². The van der Waals surface area contributed by atoms with E-state index < -0.39 is 8.07 Å². The monoisotopic (exact) mass is 231 g/mol. The van der Waals surface area contributed by atoms with Crippen LogP contribution in [0.4, 0.5) is 0 Å². The van der Waals surface area contributed by atoms with Crippen LogP contribution in [0.3, 0.4) is 0 Å². The van der Waals surface area contributed by atoms with Crippen LogP contribution in [0.2, 0.25) is 18.1 Å². The first-order valence-electron chi connectivity index (χ1n) is 5.84. The van der Waals surface area contributed by atoms with Gasteiger partial charge in [-0.25, -0.2) is 0 Å². The van der Waals surface area contributed by atoms with Gasteiger partial charge in [0.1, 0.15) is 0 Å². The fourth-order valence-electron chi connectivity index (χ4n) is 1.93. The van der Waals surface area contributed by atoms with Gasteiger partial charge in [-0.2, -0.15) is 5.26 Å². The van der Waals surface area contributed by atoms with Gasteiger partial charge in [-0.3, -0.25) is 0 Å². The van der Waals surface area contributed by atoms with Gasteiger partial charge in [0, 0.05) is 6.42 Å². The SMILES string of the molecule is CC(C)(CCC#N)[Si](C)(C)c1ccccc1. The summed E-state index contributed by atoms with van der Waals surface area (Å²) in [6, 6.07) is 13.0. The lowest BCUT2D eigenvalue weighted by atomic mass is 10.1. The predicted octanol–water partition coefficient (Wildman–Crippen LogP) is 3.69. The molecule has 0 atom stereocenters. The highest BCUT2D eigenvalue weighted by Crippen LogP contribution is 2.40. The van der Waals surface area contributed by atoms with E-state index in [4.69, 9.17) is 5.26 Å². The molecule has 1 aromatic rings. The van der Waals surface area contributed by atoms with Gasteiger partial charge in [-0.05, 0) is 11.5 Å². The maximum atomic E-state index is 8.73. The van der Waals surface area contributed by atoms with Gasteiger partial charge in [0.25, 0.3) is 0 Å². The highest BCUT2D eigenvalue weighted by Gasteiger charge is 2.39. The van der Waals surface area contributed by atoms with E-state index in [1.807, 2.05) is 0 Å². The molecule has 86 valence electrons. The Bertz CT molecular complexity index is 373. The van der Waals surface area contributed by atoms with Crippen molar-refractivity contribution in [3.05, 3.63) is 30.3 Å². The molecule has 0 saturated heterocycles. The Kier molecular flexibility index (Phi) is 3.93. The molecule has 0 heterocycles. The molecule has 0 radical (unpaired) electrons. The summed E-state index contributed by atoms with van der Waals surface area (Å²) in [5, 5.41) is 10.5. The number of nitriles is 1. The molecule has 0 aliphatic carbocycles. The Morgan fingerprint density at radius 1 is 1.19 bits per heavy atom. The van der Waals surface area contributed by atoms with Gasteiger partial charge in [0.2, 0.25) is 0 Å². The summed E-state index contributed by atoms with van der Waals surface area (Å²) in [5.41, 5.74) is 0. The van der Waals surface area contributed by atoms with Crippen molar-refractivity contribution < 1.29 is 0 Å². The van der Waals surface area contributed by atoms with Crippen LogP contribution in [0.1, 0.15) is 26.7 Å². The van der Waals surface area contributed by atoms with Crippen LogP contribution >= 0.6 is 0 Å².